The van der Waals surface area contributed by atoms with Gasteiger partial charge in [0.15, 0.2) is 5.75 Å². The smallest absolute Gasteiger partial charge is 0.319 e. The molecule has 0 aliphatic heterocycles. The summed E-state index contributed by atoms with van der Waals surface area (Å²) in [6.45, 7) is 3.65. The van der Waals surface area contributed by atoms with Crippen molar-refractivity contribution in [2.45, 2.75) is 42.9 Å². The monoisotopic (exact) mass is 510 g/mol. The molecule has 0 atom stereocenters. The van der Waals surface area contributed by atoms with E-state index >= 15 is 0 Å². The standard InChI is InChI=1S/C23H23ClO7S2/c1-16-10-12-22(32(25,26)27)18(14-16)6-5-7-19-15-17(2)11-13-23(19)33(28,29)31-30-21-9-4-3-8-20(21)24/h3-4,8-15H,5-7H2,1-2H3,(H,25,26,27). The first-order valence-corrected chi connectivity index (χ1v) is 13.2. The Labute approximate surface area is 198 Å². The normalized spacial score (nSPS) is 12.0. The van der Waals surface area contributed by atoms with E-state index in [-0.39, 0.29) is 20.6 Å². The quantitative estimate of drug-likeness (QED) is 0.243. The number of aryl methyl sites for hydroxylation is 4. The predicted octanol–water partition coefficient (Wildman–Crippen LogP) is 5.08. The van der Waals surface area contributed by atoms with Gasteiger partial charge >= 0.3 is 10.1 Å². The maximum atomic E-state index is 12.8. The molecular weight excluding hydrogens is 488 g/mol. The van der Waals surface area contributed by atoms with E-state index in [4.69, 9.17) is 20.8 Å². The lowest BCUT2D eigenvalue weighted by molar-refractivity contribution is -0.0925. The first-order valence-electron chi connectivity index (χ1n) is 9.99. The average molecular weight is 511 g/mol. The second-order valence-electron chi connectivity index (χ2n) is 7.59. The molecule has 0 bridgehead atoms. The van der Waals surface area contributed by atoms with E-state index in [9.17, 15) is 21.4 Å². The first kappa shape index (κ1) is 25.2. The van der Waals surface area contributed by atoms with Crippen molar-refractivity contribution >= 4 is 31.8 Å². The number of rotatable bonds is 9. The van der Waals surface area contributed by atoms with E-state index in [1.807, 2.05) is 13.8 Å². The molecule has 0 aliphatic rings. The van der Waals surface area contributed by atoms with Crippen LogP contribution in [-0.2, 0) is 37.4 Å². The third kappa shape index (κ3) is 6.55. The SMILES string of the molecule is Cc1ccc(S(=O)(=O)O)c(CCCc2cc(C)ccc2S(=O)(=O)OOc2ccccc2Cl)c1. The van der Waals surface area contributed by atoms with Crippen molar-refractivity contribution in [1.29, 1.82) is 0 Å². The van der Waals surface area contributed by atoms with Gasteiger partial charge < -0.3 is 4.89 Å². The van der Waals surface area contributed by atoms with Crippen molar-refractivity contribution in [3.8, 4) is 5.75 Å². The molecule has 176 valence electrons. The van der Waals surface area contributed by atoms with Gasteiger partial charge in [-0.1, -0.05) is 63.5 Å². The summed E-state index contributed by atoms with van der Waals surface area (Å²) in [5.41, 5.74) is 2.66. The van der Waals surface area contributed by atoms with Crippen LogP contribution in [0, 0.1) is 13.8 Å². The zero-order valence-electron chi connectivity index (χ0n) is 18.0. The summed E-state index contributed by atoms with van der Waals surface area (Å²) in [5, 5.41) is 0.199. The van der Waals surface area contributed by atoms with E-state index in [0.717, 1.165) is 11.1 Å². The van der Waals surface area contributed by atoms with Gasteiger partial charge in [0.25, 0.3) is 10.1 Å². The van der Waals surface area contributed by atoms with Crippen molar-refractivity contribution in [3.63, 3.8) is 0 Å². The molecule has 0 unspecified atom stereocenters. The van der Waals surface area contributed by atoms with Crippen LogP contribution in [0.1, 0.15) is 28.7 Å². The zero-order valence-corrected chi connectivity index (χ0v) is 20.4. The van der Waals surface area contributed by atoms with Crippen LogP contribution >= 0.6 is 11.6 Å². The van der Waals surface area contributed by atoms with Crippen molar-refractivity contribution in [1.82, 2.24) is 0 Å². The lowest BCUT2D eigenvalue weighted by Gasteiger charge is -2.13. The van der Waals surface area contributed by atoms with Gasteiger partial charge in [0, 0.05) is 0 Å². The maximum absolute atomic E-state index is 12.8. The Morgan fingerprint density at radius 1 is 0.818 bits per heavy atom. The Morgan fingerprint density at radius 2 is 1.36 bits per heavy atom. The molecule has 0 radical (unpaired) electrons. The molecule has 0 spiro atoms. The molecule has 10 heteroatoms. The third-order valence-corrected chi connectivity index (χ3v) is 7.37. The second-order valence-corrected chi connectivity index (χ2v) is 10.9. The molecular formula is C23H23ClO7S2. The molecule has 1 N–H and O–H groups in total. The summed E-state index contributed by atoms with van der Waals surface area (Å²) >= 11 is 5.97. The highest BCUT2D eigenvalue weighted by Crippen LogP contribution is 2.27. The summed E-state index contributed by atoms with van der Waals surface area (Å²) in [4.78, 5) is 4.76. The molecule has 0 fully saturated rings. The fourth-order valence-electron chi connectivity index (χ4n) is 3.40. The highest BCUT2D eigenvalue weighted by molar-refractivity contribution is 7.86. The van der Waals surface area contributed by atoms with Crippen LogP contribution in [0.2, 0.25) is 5.02 Å². The van der Waals surface area contributed by atoms with Gasteiger partial charge in [0.2, 0.25) is 0 Å². The van der Waals surface area contributed by atoms with Crippen LogP contribution in [0.3, 0.4) is 0 Å². The fraction of sp³-hybridized carbons (Fsp3) is 0.217. The number of benzene rings is 3. The molecule has 0 amide bonds. The minimum absolute atomic E-state index is 0.0561. The number of hydrogen-bond acceptors (Lipinski definition) is 6. The fourth-order valence-corrected chi connectivity index (χ4v) is 5.26. The van der Waals surface area contributed by atoms with Crippen molar-refractivity contribution in [2.75, 3.05) is 0 Å². The van der Waals surface area contributed by atoms with Gasteiger partial charge in [0.05, 0.1) is 9.92 Å². The Bertz CT molecular complexity index is 1370. The Morgan fingerprint density at radius 3 is 1.94 bits per heavy atom. The molecule has 0 saturated heterocycles. The Kier molecular flexibility index (Phi) is 7.81. The van der Waals surface area contributed by atoms with Crippen LogP contribution in [-0.4, -0.2) is 21.4 Å². The Balaban J connectivity index is 1.80. The third-order valence-electron chi connectivity index (χ3n) is 4.92. The van der Waals surface area contributed by atoms with Crippen molar-refractivity contribution < 1.29 is 30.6 Å². The van der Waals surface area contributed by atoms with Gasteiger partial charge in [-0.25, -0.2) is 0 Å². The highest BCUT2D eigenvalue weighted by atomic mass is 35.5. The van der Waals surface area contributed by atoms with Crippen molar-refractivity contribution in [2.24, 2.45) is 0 Å². The lowest BCUT2D eigenvalue weighted by Crippen LogP contribution is -2.12. The molecule has 3 aromatic rings. The average Bonchev–Trinajstić information content (AvgIpc) is 2.72. The first-order chi connectivity index (χ1) is 15.5. The molecule has 0 heterocycles. The molecule has 0 aromatic heterocycles. The molecule has 3 rings (SSSR count). The molecule has 0 saturated carbocycles. The van der Waals surface area contributed by atoms with Gasteiger partial charge in [0.1, 0.15) is 4.90 Å². The van der Waals surface area contributed by atoms with E-state index < -0.39 is 20.2 Å². The van der Waals surface area contributed by atoms with Crippen LogP contribution in [0.15, 0.2) is 70.5 Å². The van der Waals surface area contributed by atoms with E-state index in [0.29, 0.717) is 30.4 Å². The van der Waals surface area contributed by atoms with Crippen molar-refractivity contribution in [3.05, 3.63) is 87.9 Å². The molecule has 3 aromatic carbocycles. The number of para-hydroxylation sites is 1. The largest absolute Gasteiger partial charge is 0.332 e. The van der Waals surface area contributed by atoms with Gasteiger partial charge in [-0.05, 0) is 68.5 Å². The van der Waals surface area contributed by atoms with Crippen LogP contribution in [0.5, 0.6) is 5.75 Å². The van der Waals surface area contributed by atoms with Gasteiger partial charge in [-0.2, -0.15) is 16.8 Å². The number of halogens is 1. The van der Waals surface area contributed by atoms with E-state index in [1.165, 1.54) is 24.3 Å². The van der Waals surface area contributed by atoms with Gasteiger partial charge in [-0.3, -0.25) is 4.55 Å². The minimum atomic E-state index is -4.36. The highest BCUT2D eigenvalue weighted by Gasteiger charge is 2.23. The molecule has 7 nitrogen and oxygen atoms in total. The molecule has 33 heavy (non-hydrogen) atoms. The second kappa shape index (κ2) is 10.2. The maximum Gasteiger partial charge on any atom is 0.332 e. The van der Waals surface area contributed by atoms with Crippen LogP contribution in [0.25, 0.3) is 0 Å². The van der Waals surface area contributed by atoms with Crippen LogP contribution in [0.4, 0.5) is 0 Å². The van der Waals surface area contributed by atoms with E-state index in [1.54, 1.807) is 36.4 Å². The minimum Gasteiger partial charge on any atom is -0.319 e. The summed E-state index contributed by atoms with van der Waals surface area (Å²) in [7, 11) is -8.64. The topological polar surface area (TPSA) is 107 Å². The summed E-state index contributed by atoms with van der Waals surface area (Å²) in [6.07, 6.45) is 1.08. The lowest BCUT2D eigenvalue weighted by atomic mass is 10.0. The van der Waals surface area contributed by atoms with Gasteiger partial charge in [-0.15, -0.1) is 0 Å². The van der Waals surface area contributed by atoms with E-state index in [2.05, 4.69) is 0 Å². The molecule has 0 aliphatic carbocycles. The zero-order chi connectivity index (χ0) is 24.2. The summed E-state index contributed by atoms with van der Waals surface area (Å²) in [6, 6.07) is 15.8. The number of hydrogen-bond donors (Lipinski definition) is 1. The Hall–Kier alpha value is -2.43. The van der Waals surface area contributed by atoms with Crippen LogP contribution < -0.4 is 4.89 Å². The summed E-state index contributed by atoms with van der Waals surface area (Å²) in [5.74, 6) is 0.0635. The summed E-state index contributed by atoms with van der Waals surface area (Å²) < 4.78 is 63.2. The predicted molar refractivity (Wildman–Crippen MR) is 125 cm³/mol.